The number of nitrogens with two attached hydrogens (primary N) is 2. The zero-order chi connectivity index (χ0) is 26.6. The predicted octanol–water partition coefficient (Wildman–Crippen LogP) is 3.74. The monoisotopic (exact) mass is 502 g/mol. The molecule has 6 rings (SSSR count). The molecule has 0 unspecified atom stereocenters. The summed E-state index contributed by atoms with van der Waals surface area (Å²) in [6, 6.07) is 19.1. The number of amides is 1. The molecule has 4 aromatic heterocycles. The van der Waals surface area contributed by atoms with Crippen molar-refractivity contribution in [2.45, 2.75) is 13.3 Å². The van der Waals surface area contributed by atoms with Crippen molar-refractivity contribution in [1.82, 2.24) is 28.7 Å². The number of anilines is 1. The smallest absolute Gasteiger partial charge is 0.256 e. The topological polar surface area (TPSA) is 122 Å². The van der Waals surface area contributed by atoms with Gasteiger partial charge in [0.25, 0.3) is 5.91 Å². The fourth-order valence-corrected chi connectivity index (χ4v) is 4.31. The normalized spacial score (nSPS) is 10.6. The number of rotatable bonds is 3. The number of aromatic nitrogens is 6. The van der Waals surface area contributed by atoms with Crippen molar-refractivity contribution < 1.29 is 4.79 Å². The molecule has 0 fully saturated rings. The van der Waals surface area contributed by atoms with Crippen LogP contribution < -0.4 is 11.5 Å². The molecular weight excluding hydrogens is 476 g/mol. The Labute approximate surface area is 219 Å². The lowest BCUT2D eigenvalue weighted by Gasteiger charge is -2.10. The van der Waals surface area contributed by atoms with Gasteiger partial charge in [-0.3, -0.25) is 13.9 Å². The SMILES string of the molecule is CCc1cc2cccc(C#Cc3cnn(C)c3)c2n1-c1ccccc1.NC(=O)c1c(N)ncn2ccnc12. The number of nitrogen functional groups attached to an aromatic ring is 1. The van der Waals surface area contributed by atoms with E-state index in [1.54, 1.807) is 27.7 Å². The molecule has 0 aliphatic rings. The van der Waals surface area contributed by atoms with Crippen LogP contribution in [0, 0.1) is 11.8 Å². The minimum Gasteiger partial charge on any atom is -0.383 e. The molecule has 1 amide bonds. The van der Waals surface area contributed by atoms with Gasteiger partial charge in [0.1, 0.15) is 17.7 Å². The van der Waals surface area contributed by atoms with Crippen LogP contribution in [0.5, 0.6) is 0 Å². The van der Waals surface area contributed by atoms with Crippen LogP contribution in [0.2, 0.25) is 0 Å². The Bertz CT molecular complexity index is 1820. The quantitative estimate of drug-likeness (QED) is 0.357. The van der Waals surface area contributed by atoms with Crippen LogP contribution in [-0.2, 0) is 13.5 Å². The van der Waals surface area contributed by atoms with Crippen molar-refractivity contribution in [3.63, 3.8) is 0 Å². The van der Waals surface area contributed by atoms with Crippen molar-refractivity contribution in [3.8, 4) is 17.5 Å². The molecule has 6 aromatic rings. The number of nitrogens with zero attached hydrogens (tertiary/aromatic N) is 6. The van der Waals surface area contributed by atoms with E-state index in [1.807, 2.05) is 19.3 Å². The largest absolute Gasteiger partial charge is 0.383 e. The van der Waals surface area contributed by atoms with Crippen molar-refractivity contribution in [2.75, 3.05) is 5.73 Å². The summed E-state index contributed by atoms with van der Waals surface area (Å²) in [6.45, 7) is 2.19. The number of aryl methyl sites for hydroxylation is 2. The van der Waals surface area contributed by atoms with Gasteiger partial charge in [0.15, 0.2) is 5.65 Å². The fraction of sp³-hybridized carbons (Fsp3) is 0.103. The van der Waals surface area contributed by atoms with Gasteiger partial charge in [-0.2, -0.15) is 5.10 Å². The van der Waals surface area contributed by atoms with Crippen LogP contribution in [0.1, 0.15) is 34.1 Å². The first-order valence-electron chi connectivity index (χ1n) is 12.0. The highest BCUT2D eigenvalue weighted by atomic mass is 16.1. The molecule has 0 atom stereocenters. The molecule has 9 nitrogen and oxygen atoms in total. The minimum atomic E-state index is -0.623. The second kappa shape index (κ2) is 10.3. The molecule has 0 saturated heterocycles. The predicted molar refractivity (Wildman–Crippen MR) is 148 cm³/mol. The number of primary amides is 1. The van der Waals surface area contributed by atoms with E-state index in [0.717, 1.165) is 17.5 Å². The molecule has 0 aliphatic carbocycles. The standard InChI is InChI=1S/C22H19N3.C7H7N5O/c1-3-20-14-19-9-7-8-18(13-12-17-15-23-24(2)16-17)22(19)25(20)21-10-5-4-6-11-21;8-5-4(6(9)13)7-10-1-2-12(7)3-11-5/h4-11,14-16H,3H2,1-2H3;1-3H,8H2,(H2,9,13). The van der Waals surface area contributed by atoms with Gasteiger partial charge in [-0.05, 0) is 30.7 Å². The first-order chi connectivity index (χ1) is 18.5. The highest BCUT2D eigenvalue weighted by Crippen LogP contribution is 2.27. The second-order valence-corrected chi connectivity index (χ2v) is 8.58. The summed E-state index contributed by atoms with van der Waals surface area (Å²) >= 11 is 0. The molecule has 0 aliphatic heterocycles. The summed E-state index contributed by atoms with van der Waals surface area (Å²) in [5, 5.41) is 5.40. The summed E-state index contributed by atoms with van der Waals surface area (Å²) in [5.74, 6) is 6.05. The molecule has 4 heterocycles. The zero-order valence-corrected chi connectivity index (χ0v) is 21.0. The summed E-state index contributed by atoms with van der Waals surface area (Å²) in [5.41, 5.74) is 16.8. The molecule has 0 spiro atoms. The maximum Gasteiger partial charge on any atom is 0.256 e. The molecule has 4 N–H and O–H groups in total. The van der Waals surface area contributed by atoms with E-state index in [2.05, 4.69) is 86.9 Å². The zero-order valence-electron chi connectivity index (χ0n) is 21.0. The van der Waals surface area contributed by atoms with E-state index in [4.69, 9.17) is 11.5 Å². The Morgan fingerprint density at radius 1 is 1.05 bits per heavy atom. The van der Waals surface area contributed by atoms with Gasteiger partial charge < -0.3 is 16.0 Å². The lowest BCUT2D eigenvalue weighted by Crippen LogP contribution is -2.16. The highest BCUT2D eigenvalue weighted by molar-refractivity contribution is 6.02. The van der Waals surface area contributed by atoms with E-state index in [-0.39, 0.29) is 11.4 Å². The first-order valence-corrected chi connectivity index (χ1v) is 12.0. The van der Waals surface area contributed by atoms with Gasteiger partial charge in [-0.1, -0.05) is 49.1 Å². The number of fused-ring (bicyclic) bond motifs is 2. The third-order valence-corrected chi connectivity index (χ3v) is 6.04. The molecule has 188 valence electrons. The van der Waals surface area contributed by atoms with E-state index < -0.39 is 5.91 Å². The Morgan fingerprint density at radius 3 is 2.58 bits per heavy atom. The van der Waals surface area contributed by atoms with E-state index in [9.17, 15) is 4.79 Å². The Kier molecular flexibility index (Phi) is 6.61. The van der Waals surface area contributed by atoms with E-state index in [1.165, 1.54) is 28.6 Å². The molecular formula is C29H26N8O. The Hall–Kier alpha value is -5.36. The maximum atomic E-state index is 11.0. The summed E-state index contributed by atoms with van der Waals surface area (Å²) in [7, 11) is 1.90. The number of carbonyl (C=O) groups is 1. The number of para-hydroxylation sites is 2. The highest BCUT2D eigenvalue weighted by Gasteiger charge is 2.13. The number of benzene rings is 2. The van der Waals surface area contributed by atoms with Gasteiger partial charge >= 0.3 is 0 Å². The summed E-state index contributed by atoms with van der Waals surface area (Å²) < 4.78 is 5.67. The van der Waals surface area contributed by atoms with Gasteiger partial charge in [-0.25, -0.2) is 9.97 Å². The number of hydrogen-bond donors (Lipinski definition) is 2. The third-order valence-electron chi connectivity index (χ3n) is 6.04. The van der Waals surface area contributed by atoms with Crippen molar-refractivity contribution in [2.24, 2.45) is 12.8 Å². The summed E-state index contributed by atoms with van der Waals surface area (Å²) in [4.78, 5) is 18.7. The second-order valence-electron chi connectivity index (χ2n) is 8.58. The van der Waals surface area contributed by atoms with Gasteiger partial charge in [0.2, 0.25) is 0 Å². The van der Waals surface area contributed by atoms with Crippen molar-refractivity contribution in [1.29, 1.82) is 0 Å². The van der Waals surface area contributed by atoms with Crippen LogP contribution in [0.3, 0.4) is 0 Å². The number of hydrogen-bond acceptors (Lipinski definition) is 5. The van der Waals surface area contributed by atoms with Crippen molar-refractivity contribution in [3.05, 3.63) is 108 Å². The lowest BCUT2D eigenvalue weighted by molar-refractivity contribution is 0.100. The van der Waals surface area contributed by atoms with E-state index >= 15 is 0 Å². The molecule has 0 radical (unpaired) electrons. The molecule has 9 heteroatoms. The van der Waals surface area contributed by atoms with Gasteiger partial charge in [-0.15, -0.1) is 0 Å². The van der Waals surface area contributed by atoms with Gasteiger partial charge in [0, 0.05) is 48.0 Å². The lowest BCUT2D eigenvalue weighted by atomic mass is 10.1. The van der Waals surface area contributed by atoms with E-state index in [0.29, 0.717) is 5.65 Å². The molecule has 0 bridgehead atoms. The first kappa shape index (κ1) is 24.3. The molecule has 2 aromatic carbocycles. The van der Waals surface area contributed by atoms with Crippen molar-refractivity contribution >= 4 is 28.3 Å². The van der Waals surface area contributed by atoms with Crippen LogP contribution in [-0.4, -0.2) is 34.6 Å². The summed E-state index contributed by atoms with van der Waals surface area (Å²) in [6.07, 6.45) is 9.38. The molecule has 38 heavy (non-hydrogen) atoms. The maximum absolute atomic E-state index is 11.0. The van der Waals surface area contributed by atoms with Crippen LogP contribution >= 0.6 is 0 Å². The number of carbonyl (C=O) groups excluding carboxylic acids is 1. The van der Waals surface area contributed by atoms with Crippen LogP contribution in [0.15, 0.2) is 85.7 Å². The molecule has 0 saturated carbocycles. The average Bonchev–Trinajstić information content (AvgIpc) is 3.66. The van der Waals surface area contributed by atoms with Crippen LogP contribution in [0.25, 0.3) is 22.2 Å². The minimum absolute atomic E-state index is 0.103. The van der Waals surface area contributed by atoms with Crippen LogP contribution in [0.4, 0.5) is 5.82 Å². The average molecular weight is 503 g/mol. The third kappa shape index (κ3) is 4.70. The number of imidazole rings is 1. The Morgan fingerprint density at radius 2 is 1.87 bits per heavy atom. The fourth-order valence-electron chi connectivity index (χ4n) is 4.31. The van der Waals surface area contributed by atoms with Gasteiger partial charge in [0.05, 0.1) is 17.3 Å². The Balaban J connectivity index is 0.000000190.